The summed E-state index contributed by atoms with van der Waals surface area (Å²) in [5.74, 6) is 0. The van der Waals surface area contributed by atoms with Crippen molar-refractivity contribution >= 4 is 96.0 Å². The predicted molar refractivity (Wildman–Crippen MR) is 324 cm³/mol. The Bertz CT molecular complexity index is 2220. The van der Waals surface area contributed by atoms with Gasteiger partial charge in [-0.2, -0.15) is 24.3 Å². The second-order valence-corrected chi connectivity index (χ2v) is 28.7. The van der Waals surface area contributed by atoms with Gasteiger partial charge in [0.15, 0.2) is 0 Å². The standard InChI is InChI=1S/2C17H24P.2C15H20P.2ClH.2Ti/c2*1-3-5-11-18(12-6-4-2)17-13-15-9-7-8-10-16(15)14-17;2*1-3-9-16(10-4-2)15-11-13-7-5-6-8-14(13)12-15;;;;/h2*7-10,13-14H,3-6,11-12H2,1-2H3;2*5-8,11-12H,3-4,9-10H2,1-2H3;2*1H;;/q4*-1;;;2*+2/p-2. The number of halogens is 2. The summed E-state index contributed by atoms with van der Waals surface area (Å²) in [6, 6.07) is 54.4. The molecule has 8 aromatic carbocycles. The van der Waals surface area contributed by atoms with Gasteiger partial charge in [0.05, 0.1) is 0 Å². The summed E-state index contributed by atoms with van der Waals surface area (Å²) >= 11 is 0. The molecule has 0 aliphatic rings. The zero-order chi connectivity index (χ0) is 48.4. The van der Waals surface area contributed by atoms with Gasteiger partial charge in [0.2, 0.25) is 0 Å². The van der Waals surface area contributed by atoms with Gasteiger partial charge in [-0.1, -0.05) is 163 Å². The largest absolute Gasteiger partial charge is 2.00 e. The maximum Gasteiger partial charge on any atom is 2.00 e. The zero-order valence-electron chi connectivity index (χ0n) is 45.5. The van der Waals surface area contributed by atoms with Gasteiger partial charge in [-0.15, -0.1) is 161 Å². The Labute approximate surface area is 487 Å². The molecule has 0 unspecified atom stereocenters. The molecule has 0 spiro atoms. The van der Waals surface area contributed by atoms with Crippen LogP contribution >= 0.6 is 31.7 Å². The number of hydrogen-bond acceptors (Lipinski definition) is 0. The van der Waals surface area contributed by atoms with Crippen LogP contribution < -0.4 is 46.0 Å². The van der Waals surface area contributed by atoms with Crippen LogP contribution in [0.3, 0.4) is 0 Å². The Balaban J connectivity index is 0.000000472. The van der Waals surface area contributed by atoms with E-state index in [4.69, 9.17) is 0 Å². The van der Waals surface area contributed by atoms with Gasteiger partial charge in [-0.05, 0) is 75.0 Å². The van der Waals surface area contributed by atoms with Crippen molar-refractivity contribution < 1.29 is 68.2 Å². The molecule has 0 aromatic heterocycles. The molecule has 0 N–H and O–H groups in total. The predicted octanol–water partition coefficient (Wildman–Crippen LogP) is 13.5. The van der Waals surface area contributed by atoms with Crippen LogP contribution in [0.4, 0.5) is 0 Å². The zero-order valence-corrected chi connectivity index (χ0v) is 53.8. The Morgan fingerprint density at radius 3 is 0.653 bits per heavy atom. The summed E-state index contributed by atoms with van der Waals surface area (Å²) in [7, 11) is 0.366. The molecule has 0 atom stereocenters. The van der Waals surface area contributed by atoms with Crippen molar-refractivity contribution in [1.82, 2.24) is 0 Å². The fraction of sp³-hybridized carbons (Fsp3) is 0.438. The first kappa shape index (κ1) is 69.1. The second kappa shape index (κ2) is 40.3. The fourth-order valence-corrected chi connectivity index (χ4v) is 19.7. The maximum atomic E-state index is 2.44. The molecule has 0 fully saturated rings. The summed E-state index contributed by atoms with van der Waals surface area (Å²) in [5, 5.41) is 17.8. The molecule has 0 saturated heterocycles. The van der Waals surface area contributed by atoms with E-state index in [2.05, 4.69) is 201 Å². The molecular weight excluding hydrogens is 1060 g/mol. The molecule has 0 saturated carbocycles. The van der Waals surface area contributed by atoms with Gasteiger partial charge in [0.1, 0.15) is 0 Å². The minimum absolute atomic E-state index is 0. The van der Waals surface area contributed by atoms with Crippen LogP contribution in [0.15, 0.2) is 146 Å². The number of fused-ring (bicyclic) bond motifs is 4. The van der Waals surface area contributed by atoms with E-state index in [-0.39, 0.29) is 99.9 Å². The third-order valence-electron chi connectivity index (χ3n) is 13.0. The first-order chi connectivity index (χ1) is 33.4. The Morgan fingerprint density at radius 2 is 0.472 bits per heavy atom. The SMILES string of the molecule is CCCCP(CCCC)c1cc2ccccc2[cH-]1.CCCCP(CCCC)c1cc2ccccc2[cH-]1.CCCP(CCC)c1cc2ccccc2[cH-]1.CCCP(CCC)c1cc2ccccc2[cH-]1.[Cl-].[Cl-].[Ti+2].[Ti+2]. The van der Waals surface area contributed by atoms with Gasteiger partial charge in [0.25, 0.3) is 0 Å². The summed E-state index contributed by atoms with van der Waals surface area (Å²) < 4.78 is 0. The monoisotopic (exact) mass is 1150 g/mol. The first-order valence-electron chi connectivity index (χ1n) is 27.0. The Morgan fingerprint density at radius 1 is 0.278 bits per heavy atom. The number of benzene rings is 4. The summed E-state index contributed by atoms with van der Waals surface area (Å²) in [6.07, 6.45) is 27.3. The molecule has 0 bridgehead atoms. The van der Waals surface area contributed by atoms with E-state index in [1.165, 1.54) is 169 Å². The van der Waals surface area contributed by atoms with Crippen LogP contribution in [0.1, 0.15) is 132 Å². The normalized spacial score (nSPS) is 10.8. The van der Waals surface area contributed by atoms with E-state index < -0.39 is 0 Å². The van der Waals surface area contributed by atoms with Gasteiger partial charge in [-0.25, -0.2) is 0 Å². The van der Waals surface area contributed by atoms with Crippen LogP contribution in [-0.4, -0.2) is 49.3 Å². The summed E-state index contributed by atoms with van der Waals surface area (Å²) in [4.78, 5) is 0. The van der Waals surface area contributed by atoms with Crippen LogP contribution in [0, 0.1) is 0 Å². The van der Waals surface area contributed by atoms with Crippen LogP contribution in [0.5, 0.6) is 0 Å². The van der Waals surface area contributed by atoms with E-state index >= 15 is 0 Å². The topological polar surface area (TPSA) is 0 Å². The second-order valence-electron chi connectivity index (χ2n) is 18.7. The molecule has 0 aliphatic heterocycles. The molecule has 0 radical (unpaired) electrons. The minimum atomic E-state index is 0. The van der Waals surface area contributed by atoms with Crippen molar-refractivity contribution in [1.29, 1.82) is 0 Å². The van der Waals surface area contributed by atoms with Crippen molar-refractivity contribution in [2.75, 3.05) is 49.3 Å². The average Bonchev–Trinajstić information content (AvgIpc) is 4.19. The van der Waals surface area contributed by atoms with Gasteiger partial charge >= 0.3 is 43.4 Å². The van der Waals surface area contributed by atoms with Gasteiger partial charge < -0.3 is 24.8 Å². The van der Waals surface area contributed by atoms with Gasteiger partial charge in [0, 0.05) is 0 Å². The Kier molecular flexibility index (Phi) is 38.6. The molecule has 0 amide bonds. The van der Waals surface area contributed by atoms with Crippen LogP contribution in [-0.2, 0) is 43.4 Å². The number of unbranched alkanes of at least 4 members (excludes halogenated alkanes) is 4. The third kappa shape index (κ3) is 22.6. The van der Waals surface area contributed by atoms with E-state index in [1.54, 1.807) is 21.2 Å². The van der Waals surface area contributed by atoms with Crippen molar-refractivity contribution in [3.8, 4) is 0 Å². The summed E-state index contributed by atoms with van der Waals surface area (Å²) in [5.41, 5.74) is 0. The maximum absolute atomic E-state index is 2.44. The fourth-order valence-electron chi connectivity index (χ4n) is 9.22. The number of rotatable bonds is 24. The van der Waals surface area contributed by atoms with E-state index in [9.17, 15) is 0 Å². The van der Waals surface area contributed by atoms with E-state index in [0.29, 0.717) is 0 Å². The first-order valence-corrected chi connectivity index (χ1v) is 33.9. The molecular formula is C64H88Cl2P4Ti2-2. The van der Waals surface area contributed by atoms with Crippen LogP contribution in [0.2, 0.25) is 0 Å². The molecule has 72 heavy (non-hydrogen) atoms. The smallest absolute Gasteiger partial charge is 1.00 e. The molecule has 388 valence electrons. The third-order valence-corrected chi connectivity index (χ3v) is 24.3. The van der Waals surface area contributed by atoms with Crippen molar-refractivity contribution in [2.24, 2.45) is 0 Å². The van der Waals surface area contributed by atoms with Crippen molar-refractivity contribution in [2.45, 2.75) is 132 Å². The average molecular weight is 1150 g/mol. The van der Waals surface area contributed by atoms with E-state index in [1.807, 2.05) is 0 Å². The van der Waals surface area contributed by atoms with Crippen molar-refractivity contribution in [3.05, 3.63) is 146 Å². The number of hydrogen-bond donors (Lipinski definition) is 0. The molecule has 8 heteroatoms. The molecule has 8 rings (SSSR count). The van der Waals surface area contributed by atoms with Crippen LogP contribution in [0.25, 0.3) is 43.1 Å². The minimum Gasteiger partial charge on any atom is -1.00 e. The van der Waals surface area contributed by atoms with Crippen molar-refractivity contribution in [3.63, 3.8) is 0 Å². The quantitative estimate of drug-likeness (QED) is 0.0321. The van der Waals surface area contributed by atoms with E-state index in [0.717, 1.165) is 0 Å². The molecule has 8 aromatic rings. The summed E-state index contributed by atoms with van der Waals surface area (Å²) in [6.45, 7) is 18.4. The molecule has 0 heterocycles. The molecule has 0 nitrogen and oxygen atoms in total. The van der Waals surface area contributed by atoms with Gasteiger partial charge in [-0.3, -0.25) is 0 Å². The molecule has 0 aliphatic carbocycles. The Hall–Kier alpha value is -0.951.